The van der Waals surface area contributed by atoms with Crippen LogP contribution in [-0.4, -0.2) is 54.6 Å². The number of para-hydroxylation sites is 1. The van der Waals surface area contributed by atoms with E-state index < -0.39 is 0 Å². The molecule has 0 radical (unpaired) electrons. The van der Waals surface area contributed by atoms with Gasteiger partial charge in [0.2, 0.25) is 0 Å². The molecule has 1 atom stereocenters. The molecule has 30 heavy (non-hydrogen) atoms. The van der Waals surface area contributed by atoms with E-state index in [2.05, 4.69) is 28.0 Å². The second kappa shape index (κ2) is 8.76. The summed E-state index contributed by atoms with van der Waals surface area (Å²) >= 11 is 0. The average molecular weight is 405 g/mol. The molecule has 0 bridgehead atoms. The Morgan fingerprint density at radius 2 is 1.73 bits per heavy atom. The maximum Gasteiger partial charge on any atom is 0.262 e. The minimum atomic E-state index is 0.0833. The molecule has 5 heteroatoms. The molecule has 1 unspecified atom stereocenters. The van der Waals surface area contributed by atoms with Crippen LogP contribution in [0.1, 0.15) is 54.4 Å². The van der Waals surface area contributed by atoms with E-state index in [9.17, 15) is 4.79 Å². The molecule has 2 aromatic rings. The lowest BCUT2D eigenvalue weighted by atomic mass is 10.0. The number of amides is 1. The molecular weight excluding hydrogens is 372 g/mol. The van der Waals surface area contributed by atoms with E-state index in [0.717, 1.165) is 49.5 Å². The van der Waals surface area contributed by atoms with Crippen molar-refractivity contribution in [3.8, 4) is 0 Å². The number of rotatable bonds is 3. The van der Waals surface area contributed by atoms with Crippen molar-refractivity contribution in [2.75, 3.05) is 42.5 Å². The highest BCUT2D eigenvalue weighted by atomic mass is 16.2. The van der Waals surface area contributed by atoms with Crippen LogP contribution in [0.15, 0.2) is 42.6 Å². The number of likely N-dealkylation sites (tertiary alicyclic amines) is 1. The third kappa shape index (κ3) is 3.83. The van der Waals surface area contributed by atoms with Gasteiger partial charge in [0.05, 0.1) is 5.56 Å². The van der Waals surface area contributed by atoms with Crippen molar-refractivity contribution in [3.05, 3.63) is 53.7 Å². The first-order valence-electron chi connectivity index (χ1n) is 11.6. The molecule has 2 fully saturated rings. The Morgan fingerprint density at radius 1 is 0.900 bits per heavy atom. The van der Waals surface area contributed by atoms with Crippen molar-refractivity contribution in [1.29, 1.82) is 0 Å². The zero-order valence-corrected chi connectivity index (χ0v) is 17.8. The fourth-order valence-electron chi connectivity index (χ4n) is 5.42. The van der Waals surface area contributed by atoms with E-state index in [-0.39, 0.29) is 5.91 Å². The van der Waals surface area contributed by atoms with Crippen molar-refractivity contribution < 1.29 is 4.79 Å². The summed E-state index contributed by atoms with van der Waals surface area (Å²) in [6, 6.07) is 12.7. The molecule has 5 nitrogen and oxygen atoms in total. The second-order valence-corrected chi connectivity index (χ2v) is 8.90. The van der Waals surface area contributed by atoms with Crippen LogP contribution in [0.2, 0.25) is 0 Å². The first-order valence-corrected chi connectivity index (χ1v) is 11.6. The fourth-order valence-corrected chi connectivity index (χ4v) is 5.42. The number of nitrogens with zero attached hydrogens (tertiary/aromatic N) is 4. The van der Waals surface area contributed by atoms with Crippen LogP contribution in [0.3, 0.4) is 0 Å². The van der Waals surface area contributed by atoms with Gasteiger partial charge in [-0.25, -0.2) is 4.98 Å². The number of carbonyl (C=O) groups excluding carboxylic acids is 1. The Morgan fingerprint density at radius 3 is 2.60 bits per heavy atom. The normalized spacial score (nSPS) is 22.6. The van der Waals surface area contributed by atoms with Gasteiger partial charge < -0.3 is 9.80 Å². The summed E-state index contributed by atoms with van der Waals surface area (Å²) in [5.74, 6) is 0.950. The van der Waals surface area contributed by atoms with Gasteiger partial charge in [0.25, 0.3) is 5.91 Å². The molecule has 4 heterocycles. The summed E-state index contributed by atoms with van der Waals surface area (Å²) in [6.45, 7) is 5.16. The smallest absolute Gasteiger partial charge is 0.262 e. The SMILES string of the molecule is O=C(c1cccnc1N1CCCC(N2CCCCCC2)C1)N1CCc2ccccc21. The molecule has 3 aliphatic heterocycles. The molecule has 0 saturated carbocycles. The molecule has 0 spiro atoms. The molecule has 3 aliphatic rings. The van der Waals surface area contributed by atoms with E-state index in [1.807, 2.05) is 29.3 Å². The fraction of sp³-hybridized carbons (Fsp3) is 0.520. The molecule has 1 aromatic heterocycles. The summed E-state index contributed by atoms with van der Waals surface area (Å²) < 4.78 is 0. The first kappa shape index (κ1) is 19.6. The third-order valence-electron chi connectivity index (χ3n) is 7.00. The predicted octanol–water partition coefficient (Wildman–Crippen LogP) is 4.13. The van der Waals surface area contributed by atoms with Gasteiger partial charge in [-0.15, -0.1) is 0 Å². The van der Waals surface area contributed by atoms with Gasteiger partial charge in [0.1, 0.15) is 5.82 Å². The minimum absolute atomic E-state index is 0.0833. The Labute approximate surface area is 179 Å². The lowest BCUT2D eigenvalue weighted by molar-refractivity contribution is 0.0989. The Balaban J connectivity index is 1.37. The highest BCUT2D eigenvalue weighted by molar-refractivity contribution is 6.10. The average Bonchev–Trinajstić information content (AvgIpc) is 3.04. The third-order valence-corrected chi connectivity index (χ3v) is 7.00. The number of anilines is 2. The number of pyridine rings is 1. The number of aromatic nitrogens is 1. The molecule has 1 amide bonds. The van der Waals surface area contributed by atoms with Crippen molar-refractivity contribution in [1.82, 2.24) is 9.88 Å². The highest BCUT2D eigenvalue weighted by Crippen LogP contribution is 2.31. The summed E-state index contributed by atoms with van der Waals surface area (Å²) in [4.78, 5) is 25.3. The number of hydrogen-bond donors (Lipinski definition) is 0. The van der Waals surface area contributed by atoms with Crippen LogP contribution in [0, 0.1) is 0 Å². The lowest BCUT2D eigenvalue weighted by Crippen LogP contribution is -2.49. The van der Waals surface area contributed by atoms with Gasteiger partial charge in [-0.05, 0) is 69.0 Å². The highest BCUT2D eigenvalue weighted by Gasteiger charge is 2.31. The van der Waals surface area contributed by atoms with Crippen molar-refractivity contribution in [2.45, 2.75) is 51.0 Å². The monoisotopic (exact) mass is 404 g/mol. The number of fused-ring (bicyclic) bond motifs is 1. The van der Waals surface area contributed by atoms with Crippen molar-refractivity contribution >= 4 is 17.4 Å². The van der Waals surface area contributed by atoms with Gasteiger partial charge in [0, 0.05) is 37.6 Å². The van der Waals surface area contributed by atoms with Crippen LogP contribution in [-0.2, 0) is 6.42 Å². The van der Waals surface area contributed by atoms with Crippen LogP contribution in [0.4, 0.5) is 11.5 Å². The number of carbonyl (C=O) groups is 1. The van der Waals surface area contributed by atoms with Crippen LogP contribution in [0.25, 0.3) is 0 Å². The van der Waals surface area contributed by atoms with E-state index >= 15 is 0 Å². The summed E-state index contributed by atoms with van der Waals surface area (Å²) in [6.07, 6.45) is 10.5. The molecule has 5 rings (SSSR count). The van der Waals surface area contributed by atoms with Gasteiger partial charge >= 0.3 is 0 Å². The van der Waals surface area contributed by atoms with E-state index in [0.29, 0.717) is 6.04 Å². The van der Waals surface area contributed by atoms with E-state index in [1.54, 1.807) is 0 Å². The largest absolute Gasteiger partial charge is 0.354 e. The molecule has 2 saturated heterocycles. The van der Waals surface area contributed by atoms with Crippen LogP contribution < -0.4 is 9.80 Å². The molecule has 158 valence electrons. The molecule has 1 aromatic carbocycles. The summed E-state index contributed by atoms with van der Waals surface area (Å²) in [7, 11) is 0. The minimum Gasteiger partial charge on any atom is -0.354 e. The Kier molecular flexibility index (Phi) is 5.71. The molecule has 0 aliphatic carbocycles. The Bertz CT molecular complexity index is 890. The van der Waals surface area contributed by atoms with E-state index in [1.165, 1.54) is 50.8 Å². The van der Waals surface area contributed by atoms with Crippen LogP contribution in [0.5, 0.6) is 0 Å². The quantitative estimate of drug-likeness (QED) is 0.771. The van der Waals surface area contributed by atoms with Gasteiger partial charge in [0.15, 0.2) is 0 Å². The summed E-state index contributed by atoms with van der Waals surface area (Å²) in [5.41, 5.74) is 3.06. The van der Waals surface area contributed by atoms with Gasteiger partial charge in [-0.2, -0.15) is 0 Å². The molecule has 0 N–H and O–H groups in total. The number of piperidine rings is 1. The number of hydrogen-bond acceptors (Lipinski definition) is 4. The summed E-state index contributed by atoms with van der Waals surface area (Å²) in [5, 5.41) is 0. The van der Waals surface area contributed by atoms with Crippen molar-refractivity contribution in [2.24, 2.45) is 0 Å². The molecular formula is C25H32N4O. The van der Waals surface area contributed by atoms with Gasteiger partial charge in [-0.3, -0.25) is 9.69 Å². The maximum absolute atomic E-state index is 13.6. The zero-order valence-electron chi connectivity index (χ0n) is 17.8. The van der Waals surface area contributed by atoms with Gasteiger partial charge in [-0.1, -0.05) is 31.0 Å². The van der Waals surface area contributed by atoms with Crippen LogP contribution >= 0.6 is 0 Å². The second-order valence-electron chi connectivity index (χ2n) is 8.90. The standard InChI is InChI=1S/C25H32N4O/c30-25(29-18-13-20-9-3-4-12-23(20)29)22-11-7-14-26-24(22)28-17-8-10-21(19-28)27-15-5-1-2-6-16-27/h3-4,7,9,11-12,14,21H,1-2,5-6,8,10,13,15-19H2. The predicted molar refractivity (Wildman–Crippen MR) is 121 cm³/mol. The topological polar surface area (TPSA) is 39.7 Å². The first-order chi connectivity index (χ1) is 14.8. The lowest BCUT2D eigenvalue weighted by Gasteiger charge is -2.40. The zero-order chi connectivity index (χ0) is 20.3. The van der Waals surface area contributed by atoms with E-state index in [4.69, 9.17) is 4.98 Å². The Hall–Kier alpha value is -2.40. The number of benzene rings is 1. The maximum atomic E-state index is 13.6. The van der Waals surface area contributed by atoms with Crippen molar-refractivity contribution in [3.63, 3.8) is 0 Å².